The standard InChI is InChI=1S/C38H20N2S2/c39-21-23-15-16-28(27(17-23)22-40)24-18-25(29-9-5-11-33-31-7-1-3-13-35(31)41-37(29)33)20-26(19-24)30-10-6-12-34-32-8-2-4-14-36(32)42-38(30)34/h1-20H. The Morgan fingerprint density at radius 1 is 0.429 bits per heavy atom. The van der Waals surface area contributed by atoms with E-state index in [1.807, 2.05) is 28.7 Å². The molecule has 4 heteroatoms. The molecule has 2 heterocycles. The van der Waals surface area contributed by atoms with Crippen LogP contribution in [0.25, 0.3) is 73.7 Å². The number of hydrogen-bond donors (Lipinski definition) is 0. The normalized spacial score (nSPS) is 11.3. The minimum atomic E-state index is 0.483. The van der Waals surface area contributed by atoms with Gasteiger partial charge in [0, 0.05) is 40.3 Å². The van der Waals surface area contributed by atoms with Gasteiger partial charge in [0.2, 0.25) is 0 Å². The van der Waals surface area contributed by atoms with Gasteiger partial charge in [0.1, 0.15) is 0 Å². The van der Waals surface area contributed by atoms with Crippen LogP contribution in [0.15, 0.2) is 121 Å². The predicted octanol–water partition coefficient (Wildman–Crippen LogP) is 11.2. The van der Waals surface area contributed by atoms with Crippen molar-refractivity contribution in [2.45, 2.75) is 0 Å². The number of nitriles is 2. The van der Waals surface area contributed by atoms with E-state index in [4.69, 9.17) is 0 Å². The van der Waals surface area contributed by atoms with Crippen molar-refractivity contribution >= 4 is 63.0 Å². The van der Waals surface area contributed by atoms with E-state index >= 15 is 0 Å². The summed E-state index contributed by atoms with van der Waals surface area (Å²) in [6.07, 6.45) is 0. The maximum atomic E-state index is 10.1. The van der Waals surface area contributed by atoms with Crippen LogP contribution in [0.2, 0.25) is 0 Å². The summed E-state index contributed by atoms with van der Waals surface area (Å²) >= 11 is 3.64. The Kier molecular flexibility index (Phi) is 5.66. The van der Waals surface area contributed by atoms with Gasteiger partial charge in [-0.3, -0.25) is 0 Å². The van der Waals surface area contributed by atoms with E-state index in [-0.39, 0.29) is 0 Å². The predicted molar refractivity (Wildman–Crippen MR) is 178 cm³/mol. The number of hydrogen-bond acceptors (Lipinski definition) is 4. The number of nitrogens with zero attached hydrogens (tertiary/aromatic N) is 2. The fraction of sp³-hybridized carbons (Fsp3) is 0. The van der Waals surface area contributed by atoms with Crippen LogP contribution in [-0.4, -0.2) is 0 Å². The zero-order valence-electron chi connectivity index (χ0n) is 22.3. The molecule has 0 bridgehead atoms. The van der Waals surface area contributed by atoms with E-state index in [9.17, 15) is 10.5 Å². The average molecular weight is 569 g/mol. The highest BCUT2D eigenvalue weighted by molar-refractivity contribution is 7.26. The first kappa shape index (κ1) is 24.5. The fourth-order valence-electron chi connectivity index (χ4n) is 6.00. The Morgan fingerprint density at radius 2 is 0.929 bits per heavy atom. The molecule has 2 nitrogen and oxygen atoms in total. The van der Waals surface area contributed by atoms with Crippen LogP contribution in [0.4, 0.5) is 0 Å². The van der Waals surface area contributed by atoms with E-state index < -0.39 is 0 Å². The minimum absolute atomic E-state index is 0.483. The van der Waals surface area contributed by atoms with E-state index in [2.05, 4.69) is 115 Å². The van der Waals surface area contributed by atoms with E-state index in [1.165, 1.54) is 51.5 Å². The molecule has 0 amide bonds. The van der Waals surface area contributed by atoms with Gasteiger partial charge in [-0.15, -0.1) is 22.7 Å². The van der Waals surface area contributed by atoms with Crippen molar-refractivity contribution in [2.75, 3.05) is 0 Å². The summed E-state index contributed by atoms with van der Waals surface area (Å²) in [5.74, 6) is 0. The average Bonchev–Trinajstić information content (AvgIpc) is 3.63. The molecular weight excluding hydrogens is 549 g/mol. The molecule has 0 aliphatic rings. The van der Waals surface area contributed by atoms with Gasteiger partial charge in [-0.1, -0.05) is 78.9 Å². The van der Waals surface area contributed by atoms with Crippen LogP contribution in [0.3, 0.4) is 0 Å². The summed E-state index contributed by atoms with van der Waals surface area (Å²) in [5, 5.41) is 24.6. The quantitative estimate of drug-likeness (QED) is 0.213. The molecule has 0 aliphatic heterocycles. The van der Waals surface area contributed by atoms with Crippen LogP contribution >= 0.6 is 22.7 Å². The fourth-order valence-corrected chi connectivity index (χ4v) is 8.48. The van der Waals surface area contributed by atoms with Gasteiger partial charge < -0.3 is 0 Å². The smallest absolute Gasteiger partial charge is 0.0998 e. The lowest BCUT2D eigenvalue weighted by Crippen LogP contribution is -1.90. The van der Waals surface area contributed by atoms with Crippen LogP contribution in [0.5, 0.6) is 0 Å². The summed E-state index contributed by atoms with van der Waals surface area (Å²) in [6, 6.07) is 46.8. The van der Waals surface area contributed by atoms with E-state index in [1.54, 1.807) is 12.1 Å². The Morgan fingerprint density at radius 3 is 1.45 bits per heavy atom. The van der Waals surface area contributed by atoms with Crippen LogP contribution in [-0.2, 0) is 0 Å². The van der Waals surface area contributed by atoms with Crippen molar-refractivity contribution in [1.29, 1.82) is 10.5 Å². The maximum absolute atomic E-state index is 10.1. The van der Waals surface area contributed by atoms with E-state index in [0.717, 1.165) is 22.3 Å². The first-order valence-electron chi connectivity index (χ1n) is 13.6. The molecule has 0 aliphatic carbocycles. The molecule has 0 spiro atoms. The topological polar surface area (TPSA) is 47.6 Å². The Balaban J connectivity index is 1.44. The minimum Gasteiger partial charge on any atom is -0.192 e. The molecule has 8 aromatic rings. The van der Waals surface area contributed by atoms with Gasteiger partial charge in [-0.25, -0.2) is 0 Å². The number of thiophene rings is 2. The largest absolute Gasteiger partial charge is 0.192 e. The summed E-state index contributed by atoms with van der Waals surface area (Å²) < 4.78 is 5.04. The lowest BCUT2D eigenvalue weighted by molar-refractivity contribution is 1.44. The monoisotopic (exact) mass is 568 g/mol. The molecule has 0 atom stereocenters. The molecule has 0 N–H and O–H groups in total. The molecule has 0 radical (unpaired) electrons. The van der Waals surface area contributed by atoms with Gasteiger partial charge in [0.25, 0.3) is 0 Å². The SMILES string of the molecule is N#Cc1ccc(-c2cc(-c3cccc4c3sc3ccccc34)cc(-c3cccc4c3sc3ccccc34)c2)c(C#N)c1. The molecular formula is C38H20N2S2. The maximum Gasteiger partial charge on any atom is 0.0998 e. The summed E-state index contributed by atoms with van der Waals surface area (Å²) in [4.78, 5) is 0. The highest BCUT2D eigenvalue weighted by Gasteiger charge is 2.17. The first-order chi connectivity index (χ1) is 20.7. The van der Waals surface area contributed by atoms with Crippen molar-refractivity contribution in [3.05, 3.63) is 132 Å². The zero-order chi connectivity index (χ0) is 28.2. The Labute approximate surface area is 250 Å². The third-order valence-electron chi connectivity index (χ3n) is 7.94. The second-order valence-electron chi connectivity index (χ2n) is 10.3. The Hall–Kier alpha value is -5.26. The number of fused-ring (bicyclic) bond motifs is 6. The third-order valence-corrected chi connectivity index (χ3v) is 10.4. The van der Waals surface area contributed by atoms with Gasteiger partial charge in [-0.2, -0.15) is 10.5 Å². The third kappa shape index (κ3) is 3.82. The van der Waals surface area contributed by atoms with Crippen LogP contribution in [0, 0.1) is 22.7 Å². The summed E-state index contributed by atoms with van der Waals surface area (Å²) in [7, 11) is 0. The molecule has 0 saturated carbocycles. The molecule has 194 valence electrons. The summed E-state index contributed by atoms with van der Waals surface area (Å²) in [6.45, 7) is 0. The van der Waals surface area contributed by atoms with Gasteiger partial charge in [0.15, 0.2) is 0 Å². The van der Waals surface area contributed by atoms with Crippen molar-refractivity contribution in [2.24, 2.45) is 0 Å². The molecule has 6 aromatic carbocycles. The van der Waals surface area contributed by atoms with E-state index in [0.29, 0.717) is 11.1 Å². The van der Waals surface area contributed by atoms with Gasteiger partial charge in [0.05, 0.1) is 23.3 Å². The molecule has 0 unspecified atom stereocenters. The molecule has 42 heavy (non-hydrogen) atoms. The molecule has 0 fully saturated rings. The second-order valence-corrected chi connectivity index (χ2v) is 12.4. The molecule has 2 aromatic heterocycles. The van der Waals surface area contributed by atoms with Gasteiger partial charge >= 0.3 is 0 Å². The summed E-state index contributed by atoms with van der Waals surface area (Å²) in [5.41, 5.74) is 7.32. The van der Waals surface area contributed by atoms with Crippen molar-refractivity contribution in [3.8, 4) is 45.5 Å². The van der Waals surface area contributed by atoms with Crippen molar-refractivity contribution < 1.29 is 0 Å². The van der Waals surface area contributed by atoms with Crippen LogP contribution in [0.1, 0.15) is 11.1 Å². The molecule has 8 rings (SSSR count). The molecule has 0 saturated heterocycles. The lowest BCUT2D eigenvalue weighted by Gasteiger charge is -2.13. The lowest BCUT2D eigenvalue weighted by atomic mass is 9.90. The number of rotatable bonds is 3. The second kappa shape index (κ2) is 9.68. The first-order valence-corrected chi connectivity index (χ1v) is 15.3. The highest BCUT2D eigenvalue weighted by atomic mass is 32.1. The Bertz CT molecular complexity index is 2310. The zero-order valence-corrected chi connectivity index (χ0v) is 23.9. The van der Waals surface area contributed by atoms with Crippen molar-refractivity contribution in [1.82, 2.24) is 0 Å². The highest BCUT2D eigenvalue weighted by Crippen LogP contribution is 2.44. The van der Waals surface area contributed by atoms with Crippen molar-refractivity contribution in [3.63, 3.8) is 0 Å². The van der Waals surface area contributed by atoms with Crippen LogP contribution < -0.4 is 0 Å². The number of benzene rings is 6. The van der Waals surface area contributed by atoms with Gasteiger partial charge in [-0.05, 0) is 75.8 Å².